The first-order valence-corrected chi connectivity index (χ1v) is 33.4. The highest BCUT2D eigenvalue weighted by molar-refractivity contribution is 5.98. The molecule has 10 rings (SSSR count). The SMILES string of the molecule is COc1ccc2cc(COCC3OC(OC4C(CO)OC(Oc5ccc(CC6NC(=O)C(C(C)c7ccccc7)NC(=O)CNC(=O)C(CO)NC(=O)C(C(O)C7CNC(=N)N7C7OC(CO)C(O)C(O)C7O)NC(=O)C(C(O)C7CNC(=N)N7)NC6=O)cc5)C(O)C4O)C(O)C(O)C3O)ccc2c1. The maximum Gasteiger partial charge on any atom is 0.246 e. The van der Waals surface area contributed by atoms with Crippen LogP contribution in [0.3, 0.4) is 0 Å². The third-order valence-corrected chi connectivity index (χ3v) is 19.1. The number of benzene rings is 4. The summed E-state index contributed by atoms with van der Waals surface area (Å²) in [4.78, 5) is 88.4. The van der Waals surface area contributed by atoms with E-state index in [0.29, 0.717) is 11.3 Å². The van der Waals surface area contributed by atoms with E-state index in [1.807, 2.05) is 30.3 Å². The Bertz CT molecular complexity index is 3670. The second-order valence-corrected chi connectivity index (χ2v) is 26.0. The summed E-state index contributed by atoms with van der Waals surface area (Å²) >= 11 is 0. The highest BCUT2D eigenvalue weighted by Gasteiger charge is 2.55. The van der Waals surface area contributed by atoms with Crippen molar-refractivity contribution in [1.82, 2.24) is 52.8 Å². The summed E-state index contributed by atoms with van der Waals surface area (Å²) in [6.45, 7) is -3.34. The smallest absolute Gasteiger partial charge is 0.246 e. The molecule has 0 aliphatic carbocycles. The maximum atomic E-state index is 15.2. The van der Waals surface area contributed by atoms with Gasteiger partial charge in [-0.05, 0) is 57.8 Å². The number of carbonyl (C=O) groups is 6. The van der Waals surface area contributed by atoms with Crippen LogP contribution in [-0.2, 0) is 65.5 Å². The van der Waals surface area contributed by atoms with E-state index in [-0.39, 0.29) is 37.0 Å². The van der Waals surface area contributed by atoms with Gasteiger partial charge in [0, 0.05) is 25.4 Å². The molecule has 4 aromatic carbocycles. The zero-order chi connectivity index (χ0) is 75.0. The highest BCUT2D eigenvalue weighted by Crippen LogP contribution is 2.33. The predicted octanol–water partition coefficient (Wildman–Crippen LogP) is -9.81. The van der Waals surface area contributed by atoms with E-state index >= 15 is 9.59 Å². The molecule has 25 atom stereocenters. The number of nitrogens with zero attached hydrogens (tertiary/aromatic N) is 1. The molecule has 0 spiro atoms. The number of guanidine groups is 2. The van der Waals surface area contributed by atoms with Crippen LogP contribution in [0.15, 0.2) is 91.0 Å². The number of nitrogens with one attached hydrogen (secondary N) is 11. The largest absolute Gasteiger partial charge is 0.497 e. The van der Waals surface area contributed by atoms with E-state index in [9.17, 15) is 85.6 Å². The molecule has 0 saturated carbocycles. The van der Waals surface area contributed by atoms with E-state index in [0.717, 1.165) is 21.2 Å². The molecule has 0 radical (unpaired) electrons. The lowest BCUT2D eigenvalue weighted by Gasteiger charge is -2.46. The van der Waals surface area contributed by atoms with E-state index in [2.05, 4.69) is 47.9 Å². The van der Waals surface area contributed by atoms with Gasteiger partial charge in [-0.25, -0.2) is 0 Å². The molecule has 104 heavy (non-hydrogen) atoms. The van der Waals surface area contributed by atoms with E-state index in [4.69, 9.17) is 44.0 Å². The summed E-state index contributed by atoms with van der Waals surface area (Å²) in [7, 11) is 1.56. The lowest BCUT2D eigenvalue weighted by Crippen LogP contribution is -2.69. The van der Waals surface area contributed by atoms with Crippen molar-refractivity contribution in [3.8, 4) is 11.5 Å². The van der Waals surface area contributed by atoms with Crippen molar-refractivity contribution in [3.05, 3.63) is 108 Å². The number of fused-ring (bicyclic) bond motifs is 1. The van der Waals surface area contributed by atoms with Gasteiger partial charge in [-0.3, -0.25) is 39.6 Å². The molecule has 24 N–H and O–H groups in total. The second kappa shape index (κ2) is 34.5. The summed E-state index contributed by atoms with van der Waals surface area (Å²) in [5.41, 5.74) is 1.46. The van der Waals surface area contributed by atoms with E-state index in [1.165, 1.54) is 24.3 Å². The Morgan fingerprint density at radius 1 is 0.548 bits per heavy atom. The van der Waals surface area contributed by atoms with Crippen molar-refractivity contribution in [2.24, 2.45) is 0 Å². The number of ether oxygens (including phenoxy) is 7. The van der Waals surface area contributed by atoms with Gasteiger partial charge in [0.25, 0.3) is 0 Å². The Morgan fingerprint density at radius 3 is 1.84 bits per heavy atom. The fraction of sp³-hybridized carbons (Fsp3) is 0.545. The van der Waals surface area contributed by atoms with Crippen molar-refractivity contribution >= 4 is 58.1 Å². The molecule has 0 bridgehead atoms. The van der Waals surface area contributed by atoms with Crippen LogP contribution in [0.1, 0.15) is 29.5 Å². The summed E-state index contributed by atoms with van der Waals surface area (Å²) in [6, 6.07) is 11.9. The van der Waals surface area contributed by atoms with Gasteiger partial charge in [0.1, 0.15) is 127 Å². The molecule has 25 unspecified atom stereocenters. The van der Waals surface area contributed by atoms with Crippen molar-refractivity contribution in [1.29, 1.82) is 10.8 Å². The van der Waals surface area contributed by atoms with Gasteiger partial charge < -0.3 is 152 Å². The quantitative estimate of drug-likeness (QED) is 0.0368. The number of methoxy groups -OCH3 is 1. The fourth-order valence-electron chi connectivity index (χ4n) is 13.0. The monoisotopic (exact) mass is 1460 g/mol. The number of aliphatic hydroxyl groups excluding tert-OH is 13. The zero-order valence-electron chi connectivity index (χ0n) is 56.0. The maximum absolute atomic E-state index is 15.2. The van der Waals surface area contributed by atoms with Crippen molar-refractivity contribution in [3.63, 3.8) is 0 Å². The molecule has 38 heteroatoms. The molecule has 6 amide bonds. The van der Waals surface area contributed by atoms with E-state index < -0.39 is 233 Å². The molecule has 6 aliphatic heterocycles. The Labute approximate surface area is 592 Å². The molecule has 568 valence electrons. The molecular formula is C66H88N12O26. The van der Waals surface area contributed by atoms with Gasteiger partial charge in [0.15, 0.2) is 24.4 Å². The number of carbonyl (C=O) groups excluding carboxylic acids is 6. The summed E-state index contributed by atoms with van der Waals surface area (Å²) in [6.07, 6.45) is -31.7. The zero-order valence-corrected chi connectivity index (χ0v) is 56.0. The Morgan fingerprint density at radius 2 is 1.15 bits per heavy atom. The van der Waals surface area contributed by atoms with Crippen molar-refractivity contribution < 1.29 is 128 Å². The Kier molecular flexibility index (Phi) is 25.9. The van der Waals surface area contributed by atoms with Crippen LogP contribution in [0.25, 0.3) is 10.8 Å². The minimum Gasteiger partial charge on any atom is -0.497 e. The van der Waals surface area contributed by atoms with Crippen LogP contribution >= 0.6 is 0 Å². The topological polar surface area (TPSA) is 589 Å². The van der Waals surface area contributed by atoms with E-state index in [1.54, 1.807) is 50.4 Å². The second-order valence-electron chi connectivity index (χ2n) is 26.0. The normalized spacial score (nSPS) is 34.3. The van der Waals surface area contributed by atoms with Gasteiger partial charge in [0.05, 0.1) is 58.8 Å². The number of rotatable bonds is 21. The molecule has 6 saturated heterocycles. The van der Waals surface area contributed by atoms with Crippen LogP contribution in [0, 0.1) is 10.8 Å². The lowest BCUT2D eigenvalue weighted by atomic mass is 9.92. The first-order valence-electron chi connectivity index (χ1n) is 33.4. The standard InChI is InChI=1S/C66H88N12O26/c1-27(30-6-4-3-5-7-30)43-59(95)72-35(17-28-9-13-33(14-10-28)100-63-55(92)52(89)56(40(24-81)102-63)104-64-54(91)51(88)49(86)41(103-64)26-99-25-29-8-11-32-18-34(98-2)15-12-31(32)16-29)58(94)76-44(46(83)36-19-70-65(67)74-36)61(97)77-45(60(96)73-37(22-79)57(93)69-21-42(82)75-43)47(84)38-20-71-66(68)78(38)62-53(90)50(87)48(85)39(23-80)101-62/h3-16,18,27,35-41,43-56,62-64,79-81,83-92H,17,19-26H2,1-2H3,(H2,68,71)(H,69,93)(H,72,95)(H,73,96)(H,75,82)(H,76,94)(H,77,97)(H3,67,70,74). The van der Waals surface area contributed by atoms with Gasteiger partial charge in [-0.15, -0.1) is 0 Å². The number of hydrogen-bond acceptors (Lipinski definition) is 28. The number of amides is 6. The van der Waals surface area contributed by atoms with Crippen LogP contribution in [0.4, 0.5) is 0 Å². The van der Waals surface area contributed by atoms with Gasteiger partial charge in [-0.2, -0.15) is 0 Å². The third-order valence-electron chi connectivity index (χ3n) is 19.1. The molecule has 0 aromatic heterocycles. The first-order chi connectivity index (χ1) is 49.7. The van der Waals surface area contributed by atoms with Gasteiger partial charge in [-0.1, -0.05) is 67.6 Å². The van der Waals surface area contributed by atoms with Gasteiger partial charge >= 0.3 is 0 Å². The average Bonchev–Trinajstić information content (AvgIpc) is 0.953. The minimum absolute atomic E-state index is 0.0436. The van der Waals surface area contributed by atoms with Crippen LogP contribution < -0.4 is 57.3 Å². The summed E-state index contributed by atoms with van der Waals surface area (Å²) in [5.74, 6) is -8.64. The molecule has 4 aromatic rings. The first kappa shape index (κ1) is 78.0. The van der Waals surface area contributed by atoms with Crippen molar-refractivity contribution in [2.75, 3.05) is 53.2 Å². The number of aliphatic hydroxyl groups is 13. The lowest BCUT2D eigenvalue weighted by molar-refractivity contribution is -0.353. The van der Waals surface area contributed by atoms with Crippen LogP contribution in [-0.4, -0.2) is 318 Å². The van der Waals surface area contributed by atoms with Gasteiger partial charge in [0.2, 0.25) is 41.7 Å². The fourth-order valence-corrected chi connectivity index (χ4v) is 13.0. The predicted molar refractivity (Wildman–Crippen MR) is 355 cm³/mol. The molecule has 38 nitrogen and oxygen atoms in total. The molecular weight excluding hydrogens is 1380 g/mol. The third kappa shape index (κ3) is 17.7. The van der Waals surface area contributed by atoms with Crippen LogP contribution in [0.2, 0.25) is 0 Å². The molecule has 6 fully saturated rings. The number of hydrogen-bond donors (Lipinski definition) is 24. The Balaban J connectivity index is 0.891. The summed E-state index contributed by atoms with van der Waals surface area (Å²) < 4.78 is 40.4. The summed E-state index contributed by atoms with van der Waals surface area (Å²) in [5, 5.41) is 185. The highest BCUT2D eigenvalue weighted by atomic mass is 16.7. The molecule has 6 aliphatic rings. The van der Waals surface area contributed by atoms with Crippen LogP contribution in [0.5, 0.6) is 11.5 Å². The van der Waals surface area contributed by atoms with Crippen molar-refractivity contribution in [2.45, 2.75) is 172 Å². The average molecular weight is 1470 g/mol. The Hall–Kier alpha value is -8.62. The minimum atomic E-state index is -2.36. The molecule has 6 heterocycles.